The zero-order valence-corrected chi connectivity index (χ0v) is 10.7. The zero-order valence-electron chi connectivity index (χ0n) is 10.7. The van der Waals surface area contributed by atoms with Gasteiger partial charge in [-0.15, -0.1) is 0 Å². The molecule has 17 heavy (non-hydrogen) atoms. The molecule has 0 amide bonds. The van der Waals surface area contributed by atoms with Crippen LogP contribution in [0.25, 0.3) is 6.08 Å². The SMILES string of the molecule is CC(C)CCCOc1ccc(/C=C/CO)cc1. The molecule has 1 aromatic rings. The Bertz CT molecular complexity index is 325. The molecule has 0 saturated heterocycles. The van der Waals surface area contributed by atoms with Gasteiger partial charge in [0.1, 0.15) is 5.75 Å². The van der Waals surface area contributed by atoms with Crippen molar-refractivity contribution in [2.45, 2.75) is 26.7 Å². The van der Waals surface area contributed by atoms with E-state index in [1.54, 1.807) is 6.08 Å². The third-order valence-corrected chi connectivity index (χ3v) is 2.49. The van der Waals surface area contributed by atoms with Crippen LogP contribution in [0, 0.1) is 5.92 Å². The molecule has 0 atom stereocenters. The summed E-state index contributed by atoms with van der Waals surface area (Å²) in [6, 6.07) is 7.91. The van der Waals surface area contributed by atoms with Crippen LogP contribution in [0.3, 0.4) is 0 Å². The maximum absolute atomic E-state index is 8.66. The molecule has 0 saturated carbocycles. The predicted molar refractivity (Wildman–Crippen MR) is 72.1 cm³/mol. The number of rotatable bonds is 7. The minimum absolute atomic E-state index is 0.0768. The summed E-state index contributed by atoms with van der Waals surface area (Å²) in [5.74, 6) is 1.65. The second-order valence-corrected chi connectivity index (χ2v) is 4.54. The standard InChI is InChI=1S/C15H22O2/c1-13(2)5-4-12-17-15-9-7-14(8-10-15)6-3-11-16/h3,6-10,13,16H,4-5,11-12H2,1-2H3/b6-3+. The van der Waals surface area contributed by atoms with Gasteiger partial charge in [0.2, 0.25) is 0 Å². The Balaban J connectivity index is 2.32. The van der Waals surface area contributed by atoms with Crippen LogP contribution in [0.4, 0.5) is 0 Å². The van der Waals surface area contributed by atoms with Gasteiger partial charge in [0.25, 0.3) is 0 Å². The maximum atomic E-state index is 8.66. The third kappa shape index (κ3) is 6.12. The van der Waals surface area contributed by atoms with Gasteiger partial charge >= 0.3 is 0 Å². The van der Waals surface area contributed by atoms with Gasteiger partial charge in [-0.25, -0.2) is 0 Å². The van der Waals surface area contributed by atoms with Gasteiger partial charge in [-0.1, -0.05) is 38.1 Å². The van der Waals surface area contributed by atoms with E-state index in [1.165, 1.54) is 6.42 Å². The Morgan fingerprint density at radius 3 is 2.53 bits per heavy atom. The van der Waals surface area contributed by atoms with E-state index >= 15 is 0 Å². The Hall–Kier alpha value is -1.28. The van der Waals surface area contributed by atoms with Crippen molar-refractivity contribution >= 4 is 6.08 Å². The summed E-state index contributed by atoms with van der Waals surface area (Å²) in [4.78, 5) is 0. The number of hydrogen-bond acceptors (Lipinski definition) is 2. The van der Waals surface area contributed by atoms with Gasteiger partial charge in [-0.2, -0.15) is 0 Å². The molecule has 0 aromatic heterocycles. The average Bonchev–Trinajstić information content (AvgIpc) is 2.33. The molecule has 0 fully saturated rings. The summed E-state index contributed by atoms with van der Waals surface area (Å²) >= 11 is 0. The first-order chi connectivity index (χ1) is 8.22. The van der Waals surface area contributed by atoms with Crippen LogP contribution in [0.15, 0.2) is 30.3 Å². The molecule has 0 spiro atoms. The monoisotopic (exact) mass is 234 g/mol. The maximum Gasteiger partial charge on any atom is 0.119 e. The lowest BCUT2D eigenvalue weighted by Crippen LogP contribution is -1.99. The Labute approximate surface area is 104 Å². The number of benzene rings is 1. The van der Waals surface area contributed by atoms with Gasteiger partial charge in [0.15, 0.2) is 0 Å². The summed E-state index contributed by atoms with van der Waals surface area (Å²) < 4.78 is 5.64. The van der Waals surface area contributed by atoms with E-state index in [0.29, 0.717) is 0 Å². The summed E-state index contributed by atoms with van der Waals surface area (Å²) in [6.45, 7) is 5.31. The third-order valence-electron chi connectivity index (χ3n) is 2.49. The van der Waals surface area contributed by atoms with Gasteiger partial charge in [-0.05, 0) is 36.5 Å². The highest BCUT2D eigenvalue weighted by Gasteiger charge is 1.96. The second-order valence-electron chi connectivity index (χ2n) is 4.54. The quantitative estimate of drug-likeness (QED) is 0.732. The summed E-state index contributed by atoms with van der Waals surface area (Å²) in [5, 5.41) is 8.66. The van der Waals surface area contributed by atoms with Gasteiger partial charge < -0.3 is 9.84 Å². The predicted octanol–water partition coefficient (Wildman–Crippen LogP) is 3.51. The van der Waals surface area contributed by atoms with Crippen LogP contribution in [-0.2, 0) is 0 Å². The topological polar surface area (TPSA) is 29.5 Å². The molecule has 2 heteroatoms. The first-order valence-corrected chi connectivity index (χ1v) is 6.22. The van der Waals surface area contributed by atoms with E-state index < -0.39 is 0 Å². The van der Waals surface area contributed by atoms with E-state index in [1.807, 2.05) is 30.3 Å². The highest BCUT2D eigenvalue weighted by Crippen LogP contribution is 2.14. The fourth-order valence-electron chi connectivity index (χ4n) is 1.55. The highest BCUT2D eigenvalue weighted by molar-refractivity contribution is 5.50. The lowest BCUT2D eigenvalue weighted by atomic mass is 10.1. The summed E-state index contributed by atoms with van der Waals surface area (Å²) in [6.07, 6.45) is 5.92. The number of aliphatic hydroxyl groups is 1. The van der Waals surface area contributed by atoms with Gasteiger partial charge in [0, 0.05) is 0 Å². The van der Waals surface area contributed by atoms with Crippen molar-refractivity contribution in [3.05, 3.63) is 35.9 Å². The number of aliphatic hydroxyl groups excluding tert-OH is 1. The molecule has 0 aliphatic rings. The molecule has 0 aliphatic heterocycles. The molecule has 2 nitrogen and oxygen atoms in total. The minimum Gasteiger partial charge on any atom is -0.494 e. The molecule has 0 aliphatic carbocycles. The van der Waals surface area contributed by atoms with Crippen molar-refractivity contribution in [2.24, 2.45) is 5.92 Å². The largest absolute Gasteiger partial charge is 0.494 e. The Kier molecular flexibility index (Phi) is 6.41. The van der Waals surface area contributed by atoms with E-state index in [2.05, 4.69) is 13.8 Å². The molecule has 0 radical (unpaired) electrons. The van der Waals surface area contributed by atoms with E-state index in [4.69, 9.17) is 9.84 Å². The average molecular weight is 234 g/mol. The first-order valence-electron chi connectivity index (χ1n) is 6.22. The Morgan fingerprint density at radius 1 is 1.24 bits per heavy atom. The first kappa shape index (κ1) is 13.8. The number of hydrogen-bond donors (Lipinski definition) is 1. The molecule has 0 unspecified atom stereocenters. The van der Waals surface area contributed by atoms with Crippen molar-refractivity contribution in [1.29, 1.82) is 0 Å². The van der Waals surface area contributed by atoms with Crippen molar-refractivity contribution < 1.29 is 9.84 Å². The van der Waals surface area contributed by atoms with Crippen LogP contribution < -0.4 is 4.74 Å². The minimum atomic E-state index is 0.0768. The summed E-state index contributed by atoms with van der Waals surface area (Å²) in [7, 11) is 0. The second kappa shape index (κ2) is 7.91. The fraction of sp³-hybridized carbons (Fsp3) is 0.467. The van der Waals surface area contributed by atoms with Crippen LogP contribution in [0.5, 0.6) is 5.75 Å². The van der Waals surface area contributed by atoms with Crippen LogP contribution >= 0.6 is 0 Å². The molecule has 94 valence electrons. The summed E-state index contributed by atoms with van der Waals surface area (Å²) in [5.41, 5.74) is 1.08. The molecule has 1 rings (SSSR count). The molecular weight excluding hydrogens is 212 g/mol. The molecule has 1 N–H and O–H groups in total. The molecule has 0 heterocycles. The van der Waals surface area contributed by atoms with Crippen LogP contribution in [0.1, 0.15) is 32.3 Å². The van der Waals surface area contributed by atoms with Gasteiger partial charge in [-0.3, -0.25) is 0 Å². The van der Waals surface area contributed by atoms with Crippen molar-refractivity contribution in [2.75, 3.05) is 13.2 Å². The highest BCUT2D eigenvalue weighted by atomic mass is 16.5. The number of ether oxygens (including phenoxy) is 1. The van der Waals surface area contributed by atoms with Crippen LogP contribution in [0.2, 0.25) is 0 Å². The van der Waals surface area contributed by atoms with Crippen molar-refractivity contribution in [1.82, 2.24) is 0 Å². The smallest absolute Gasteiger partial charge is 0.119 e. The van der Waals surface area contributed by atoms with Crippen molar-refractivity contribution in [3.63, 3.8) is 0 Å². The molecule has 1 aromatic carbocycles. The van der Waals surface area contributed by atoms with Crippen LogP contribution in [-0.4, -0.2) is 18.3 Å². The fourth-order valence-corrected chi connectivity index (χ4v) is 1.55. The normalized spacial score (nSPS) is 11.3. The van der Waals surface area contributed by atoms with Gasteiger partial charge in [0.05, 0.1) is 13.2 Å². The lowest BCUT2D eigenvalue weighted by Gasteiger charge is -2.07. The van der Waals surface area contributed by atoms with E-state index in [-0.39, 0.29) is 6.61 Å². The zero-order chi connectivity index (χ0) is 12.5. The molecule has 0 bridgehead atoms. The Morgan fingerprint density at radius 2 is 1.94 bits per heavy atom. The lowest BCUT2D eigenvalue weighted by molar-refractivity contribution is 0.297. The van der Waals surface area contributed by atoms with E-state index in [0.717, 1.165) is 30.3 Å². The molecular formula is C15H22O2. The van der Waals surface area contributed by atoms with E-state index in [9.17, 15) is 0 Å². The van der Waals surface area contributed by atoms with Crippen molar-refractivity contribution in [3.8, 4) is 5.75 Å².